The van der Waals surface area contributed by atoms with Crippen molar-refractivity contribution in [3.05, 3.63) is 0 Å². The quantitative estimate of drug-likeness (QED) is 0.292. The summed E-state index contributed by atoms with van der Waals surface area (Å²) in [6, 6.07) is 0. The minimum Gasteiger partial charge on any atom is -0.379 e. The maximum atomic E-state index is 10.7. The van der Waals surface area contributed by atoms with Gasteiger partial charge in [-0.15, -0.1) is 0 Å². The molecule has 8 heteroatoms. The van der Waals surface area contributed by atoms with Gasteiger partial charge in [-0.2, -0.15) is 0 Å². The van der Waals surface area contributed by atoms with Crippen LogP contribution in [0.4, 0.5) is 0 Å². The third-order valence-electron chi connectivity index (χ3n) is 3.54. The highest BCUT2D eigenvalue weighted by Gasteiger charge is 2.19. The molecule has 0 saturated carbocycles. The monoisotopic (exact) mass is 384 g/mol. The average Bonchev–Trinajstić information content (AvgIpc) is 2.52. The average molecular weight is 384 g/mol. The van der Waals surface area contributed by atoms with Crippen LogP contribution in [0.1, 0.15) is 66.2 Å². The Labute approximate surface area is 152 Å². The number of hydrogen-bond donors (Lipinski definition) is 2. The van der Waals surface area contributed by atoms with Gasteiger partial charge in [-0.25, -0.2) is 4.57 Å². The topological polar surface area (TPSA) is 94.5 Å². The molecule has 0 bridgehead atoms. The van der Waals surface area contributed by atoms with E-state index in [1.165, 1.54) is 32.1 Å². The van der Waals surface area contributed by atoms with E-state index in [2.05, 4.69) is 11.4 Å². The molecule has 0 aromatic heterocycles. The molecule has 25 heavy (non-hydrogen) atoms. The predicted octanol–water partition coefficient (Wildman–Crippen LogP) is 3.67. The first-order valence-corrected chi connectivity index (χ1v) is 10.8. The van der Waals surface area contributed by atoms with Crippen molar-refractivity contribution in [3.8, 4) is 0 Å². The fourth-order valence-corrected chi connectivity index (χ4v) is 2.72. The Balaban J connectivity index is 3.54. The van der Waals surface area contributed by atoms with Crippen LogP contribution in [0.3, 0.4) is 0 Å². The highest BCUT2D eigenvalue weighted by Crippen LogP contribution is 2.37. The van der Waals surface area contributed by atoms with E-state index in [9.17, 15) is 4.57 Å². The van der Waals surface area contributed by atoms with Gasteiger partial charge in [-0.3, -0.25) is 4.52 Å². The fourth-order valence-electron chi connectivity index (χ4n) is 2.19. The number of rotatable bonds is 17. The smallest absolute Gasteiger partial charge is 0.379 e. The molecule has 7 nitrogen and oxygen atoms in total. The lowest BCUT2D eigenvalue weighted by atomic mass is 10.1. The van der Waals surface area contributed by atoms with Crippen LogP contribution in [0.5, 0.6) is 0 Å². The Morgan fingerprint density at radius 1 is 0.800 bits per heavy atom. The molecule has 0 fully saturated rings. The third-order valence-corrected chi connectivity index (χ3v) is 4.18. The van der Waals surface area contributed by atoms with Gasteiger partial charge in [0, 0.05) is 6.61 Å². The van der Waals surface area contributed by atoms with Gasteiger partial charge in [-0.1, -0.05) is 39.0 Å². The Kier molecular flexibility index (Phi) is 15.1. The molecule has 0 radical (unpaired) electrons. The lowest BCUT2D eigenvalue weighted by Gasteiger charge is -2.20. The van der Waals surface area contributed by atoms with Crippen molar-refractivity contribution in [2.75, 3.05) is 26.4 Å². The molecule has 0 heterocycles. The number of hydrogen-bond acceptors (Lipinski definition) is 5. The van der Waals surface area contributed by atoms with Gasteiger partial charge >= 0.3 is 7.82 Å². The summed E-state index contributed by atoms with van der Waals surface area (Å²) in [7, 11) is -4.47. The van der Waals surface area contributed by atoms with Crippen LogP contribution in [0, 0.1) is 0 Å². The lowest BCUT2D eigenvalue weighted by Crippen LogP contribution is -2.26. The van der Waals surface area contributed by atoms with Crippen molar-refractivity contribution in [2.24, 2.45) is 0 Å². The van der Waals surface area contributed by atoms with E-state index in [1.807, 2.05) is 13.8 Å². The summed E-state index contributed by atoms with van der Waals surface area (Å²) in [6.45, 7) is 9.37. The van der Waals surface area contributed by atoms with E-state index in [0.717, 1.165) is 13.0 Å². The van der Waals surface area contributed by atoms with Gasteiger partial charge in [0.15, 0.2) is 0 Å². The second-order valence-corrected chi connectivity index (χ2v) is 7.73. The number of phosphoric ester groups is 1. The molecule has 0 saturated heterocycles. The van der Waals surface area contributed by atoms with Crippen LogP contribution in [0.25, 0.3) is 0 Å². The van der Waals surface area contributed by atoms with Crippen LogP contribution in [0.15, 0.2) is 0 Å². The van der Waals surface area contributed by atoms with Crippen molar-refractivity contribution in [2.45, 2.75) is 84.5 Å². The van der Waals surface area contributed by atoms with E-state index in [0.29, 0.717) is 13.2 Å². The minimum atomic E-state index is -4.47. The SMILES string of the molecule is CCCCCCCCOCC(C)OCC(C)OCC(C)OP(=O)(O)O. The minimum absolute atomic E-state index is 0.0186. The van der Waals surface area contributed by atoms with Crippen LogP contribution < -0.4 is 0 Å². The maximum absolute atomic E-state index is 10.7. The molecule has 152 valence electrons. The van der Waals surface area contributed by atoms with E-state index in [1.54, 1.807) is 6.92 Å². The molecule has 0 rings (SSSR count). The molecule has 2 N–H and O–H groups in total. The largest absolute Gasteiger partial charge is 0.469 e. The van der Waals surface area contributed by atoms with Gasteiger partial charge in [-0.05, 0) is 27.2 Å². The molecule has 3 unspecified atom stereocenters. The molecule has 0 amide bonds. The second-order valence-electron chi connectivity index (χ2n) is 6.54. The van der Waals surface area contributed by atoms with Gasteiger partial charge in [0.05, 0.1) is 38.1 Å². The summed E-state index contributed by atoms with van der Waals surface area (Å²) in [6.07, 6.45) is 6.59. The Morgan fingerprint density at radius 3 is 1.92 bits per heavy atom. The maximum Gasteiger partial charge on any atom is 0.469 e. The van der Waals surface area contributed by atoms with Crippen LogP contribution >= 0.6 is 7.82 Å². The molecule has 0 aliphatic heterocycles. The van der Waals surface area contributed by atoms with E-state index in [4.69, 9.17) is 24.0 Å². The summed E-state index contributed by atoms with van der Waals surface area (Å²) >= 11 is 0. The zero-order valence-corrected chi connectivity index (χ0v) is 17.1. The molecular weight excluding hydrogens is 347 g/mol. The summed E-state index contributed by atoms with van der Waals surface area (Å²) in [5, 5.41) is 0. The standard InChI is InChI=1S/C17H37O7P/c1-5-6-7-8-9-10-11-21-12-15(2)22-13-16(3)23-14-17(4)24-25(18,19)20/h15-17H,5-14H2,1-4H3,(H2,18,19,20). The molecule has 0 aromatic carbocycles. The first-order chi connectivity index (χ1) is 11.7. The van der Waals surface area contributed by atoms with Gasteiger partial charge < -0.3 is 24.0 Å². The lowest BCUT2D eigenvalue weighted by molar-refractivity contribution is -0.0695. The first kappa shape index (κ1) is 25.0. The number of ether oxygens (including phenoxy) is 3. The van der Waals surface area contributed by atoms with Gasteiger partial charge in [0.1, 0.15) is 0 Å². The highest BCUT2D eigenvalue weighted by molar-refractivity contribution is 7.46. The molecule has 0 aliphatic carbocycles. The normalized spacial score (nSPS) is 15.9. The number of phosphoric acid groups is 1. The van der Waals surface area contributed by atoms with Crippen molar-refractivity contribution in [1.82, 2.24) is 0 Å². The zero-order chi connectivity index (χ0) is 19.1. The van der Waals surface area contributed by atoms with Crippen molar-refractivity contribution < 1.29 is 33.1 Å². The zero-order valence-electron chi connectivity index (χ0n) is 16.2. The summed E-state index contributed by atoms with van der Waals surface area (Å²) in [4.78, 5) is 17.4. The summed E-state index contributed by atoms with van der Waals surface area (Å²) in [5.74, 6) is 0. The molecule has 3 atom stereocenters. The van der Waals surface area contributed by atoms with E-state index < -0.39 is 13.9 Å². The Hall–Kier alpha value is -0.0100. The summed E-state index contributed by atoms with van der Waals surface area (Å²) in [5.41, 5.74) is 0. The van der Waals surface area contributed by atoms with Crippen molar-refractivity contribution in [3.63, 3.8) is 0 Å². The fraction of sp³-hybridized carbons (Fsp3) is 1.00. The van der Waals surface area contributed by atoms with Crippen LogP contribution in [-0.2, 0) is 23.3 Å². The predicted molar refractivity (Wildman–Crippen MR) is 97.6 cm³/mol. The third kappa shape index (κ3) is 18.6. The molecule has 0 spiro atoms. The van der Waals surface area contributed by atoms with Crippen molar-refractivity contribution >= 4 is 7.82 Å². The van der Waals surface area contributed by atoms with Gasteiger partial charge in [0.2, 0.25) is 0 Å². The molecule has 0 aliphatic rings. The molecule has 0 aromatic rings. The van der Waals surface area contributed by atoms with E-state index in [-0.39, 0.29) is 18.8 Å². The summed E-state index contributed by atoms with van der Waals surface area (Å²) < 4.78 is 31.9. The Bertz CT molecular complexity index is 348. The van der Waals surface area contributed by atoms with Gasteiger partial charge in [0.25, 0.3) is 0 Å². The van der Waals surface area contributed by atoms with Crippen molar-refractivity contribution in [1.29, 1.82) is 0 Å². The first-order valence-electron chi connectivity index (χ1n) is 9.29. The highest BCUT2D eigenvalue weighted by atomic mass is 31.2. The van der Waals surface area contributed by atoms with Crippen LogP contribution in [-0.4, -0.2) is 54.5 Å². The second kappa shape index (κ2) is 15.1. The number of unbranched alkanes of at least 4 members (excludes halogenated alkanes) is 5. The van der Waals surface area contributed by atoms with Crippen LogP contribution in [0.2, 0.25) is 0 Å². The molecular formula is C17H37O7P. The van der Waals surface area contributed by atoms with E-state index >= 15 is 0 Å². The Morgan fingerprint density at radius 2 is 1.32 bits per heavy atom.